The maximum Gasteiger partial charge on any atom is 0 e. The molecule has 1 heterocycles. The molecule has 0 spiro atoms. The van der Waals surface area contributed by atoms with E-state index in [-0.39, 0.29) is 30.5 Å². The molecule has 1 N–H and O–H groups in total. The molecule has 8 heteroatoms. The summed E-state index contributed by atoms with van der Waals surface area (Å²) >= 11 is 6.27. The third kappa shape index (κ3) is 24.7. The molecule has 1 aliphatic heterocycles. The van der Waals surface area contributed by atoms with E-state index in [1.54, 1.807) is 30.4 Å². The number of halogens is 1. The maximum absolute atomic E-state index is 7.57. The summed E-state index contributed by atoms with van der Waals surface area (Å²) in [6.07, 6.45) is 0. The van der Waals surface area contributed by atoms with Gasteiger partial charge >= 0.3 is 37.6 Å². The average molecular weight is 516 g/mol. The van der Waals surface area contributed by atoms with Crippen molar-refractivity contribution in [2.75, 3.05) is 32.2 Å². The predicted octanol–water partition coefficient (Wildman–Crippen LogP) is 3.85. The minimum Gasteiger partial charge on any atom is -0.358 e. The second-order valence-corrected chi connectivity index (χ2v) is 7.54. The Morgan fingerprint density at radius 3 is 1.55 bits per heavy atom. The number of hydrogen-bond donors (Lipinski definition) is 1. The largest absolute Gasteiger partial charge is 0.358 e. The zero-order valence-electron chi connectivity index (χ0n) is 13.1. The maximum atomic E-state index is 7.57. The monoisotopic (exact) mass is 515 g/mol. The van der Waals surface area contributed by atoms with Crippen LogP contribution in [0.1, 0.15) is 20.8 Å². The van der Waals surface area contributed by atoms with Crippen molar-refractivity contribution >= 4 is 58.8 Å². The Kier molecular flexibility index (Phi) is 54.3. The molecule has 1 aliphatic rings. The van der Waals surface area contributed by atoms with E-state index in [1.165, 1.54) is 0 Å². The minimum absolute atomic E-state index is 0. The van der Waals surface area contributed by atoms with Crippen LogP contribution in [0, 0.1) is 7.43 Å². The molecular weight excluding hydrogens is 489 g/mol. The van der Waals surface area contributed by atoms with Gasteiger partial charge in [0, 0.05) is 48.7 Å². The van der Waals surface area contributed by atoms with E-state index in [1.807, 2.05) is 27.9 Å². The number of nitrogens with zero attached hydrogens (tertiary/aromatic N) is 2. The summed E-state index contributed by atoms with van der Waals surface area (Å²) in [6, 6.07) is 0. The first-order valence-electron chi connectivity index (χ1n) is 5.59. The Balaban J connectivity index is -0.0000000645. The second-order valence-electron chi connectivity index (χ2n) is 2.19. The zero-order valence-corrected chi connectivity index (χ0v) is 19.3. The van der Waals surface area contributed by atoms with E-state index in [4.69, 9.17) is 5.11 Å². The van der Waals surface area contributed by atoms with Gasteiger partial charge in [0.25, 0.3) is 0 Å². The van der Waals surface area contributed by atoms with Crippen LogP contribution < -0.4 is 0 Å². The fourth-order valence-electron chi connectivity index (χ4n) is 0.721. The van der Waals surface area contributed by atoms with Crippen molar-refractivity contribution in [1.82, 2.24) is 0 Å². The first-order valence-corrected chi connectivity index (χ1v) is 13.1. The van der Waals surface area contributed by atoms with Crippen LogP contribution >= 0.6 is 43.5 Å². The molecule has 1 rings (SSSR count). The quantitative estimate of drug-likeness (QED) is 0.303. The number of rotatable bonds is 0. The summed E-state index contributed by atoms with van der Waals surface area (Å²) in [6.45, 7) is 5.93. The van der Waals surface area contributed by atoms with Gasteiger partial charge in [-0.15, -0.1) is 23.5 Å². The Morgan fingerprint density at radius 2 is 1.40 bits per heavy atom. The Labute approximate surface area is 161 Å². The number of hydrogen-bond acceptors (Lipinski definition) is 5. The van der Waals surface area contributed by atoms with Crippen LogP contribution in [0.2, 0.25) is 0 Å². The van der Waals surface area contributed by atoms with Crippen molar-refractivity contribution < 1.29 is 34.0 Å². The number of aliphatic hydroxyl groups is 1. The van der Waals surface area contributed by atoms with Gasteiger partial charge in [0.2, 0.25) is 0 Å². The molecular formula is C12H27IN2NiOS2V-. The van der Waals surface area contributed by atoms with Gasteiger partial charge in [-0.05, 0) is 6.92 Å². The molecule has 0 radical (unpaired) electrons. The van der Waals surface area contributed by atoms with Crippen LogP contribution in [0.15, 0.2) is 9.98 Å². The van der Waals surface area contributed by atoms with Crippen molar-refractivity contribution in [3.63, 3.8) is 0 Å². The first kappa shape index (κ1) is 33.3. The van der Waals surface area contributed by atoms with Gasteiger partial charge in [0.05, 0.1) is 0 Å². The summed E-state index contributed by atoms with van der Waals surface area (Å²) in [4.78, 5) is 8.26. The van der Waals surface area contributed by atoms with Crippen LogP contribution in [0.5, 0.6) is 0 Å². The van der Waals surface area contributed by atoms with E-state index < -0.39 is 0 Å². The molecule has 0 atom stereocenters. The Bertz CT molecular complexity index is 225. The topological polar surface area (TPSA) is 45.0 Å². The number of aliphatic hydroxyl groups excluding tert-OH is 1. The standard InChI is InChI=1S/C6H10N2S2.C2H6O.C2H6.CH3.CH2.HI.Ni.V/c1-7-5-6(8-2)10-4-3-9-5;1-2-3;1-2;;;;;/h3-4H2,1-2H3;3H,2H2,1H3;1-2H3;1H3;1H2;1H;;/q;;;-1;;;;+1/p-1. The molecule has 1 fully saturated rings. The van der Waals surface area contributed by atoms with Crippen LogP contribution in [0.4, 0.5) is 0 Å². The molecule has 0 aliphatic carbocycles. The van der Waals surface area contributed by atoms with Crippen LogP contribution in [0.25, 0.3) is 0 Å². The van der Waals surface area contributed by atoms with Gasteiger partial charge in [-0.2, -0.15) is 0 Å². The SMILES string of the molecule is CC.CCO.CN=C1SCCSC1=NC.[CH2]=[V][I].[CH3-].[Ni]. The van der Waals surface area contributed by atoms with Crippen molar-refractivity contribution in [3.8, 4) is 0 Å². The van der Waals surface area contributed by atoms with Crippen molar-refractivity contribution in [3.05, 3.63) is 7.43 Å². The third-order valence-electron chi connectivity index (χ3n) is 1.15. The third-order valence-corrected chi connectivity index (χ3v) is 3.65. The average Bonchev–Trinajstić information content (AvgIpc) is 2.42. The molecule has 1 saturated heterocycles. The second kappa shape index (κ2) is 32.6. The van der Waals surface area contributed by atoms with Crippen molar-refractivity contribution in [1.29, 1.82) is 0 Å². The molecule has 0 unspecified atom stereocenters. The molecule has 0 bridgehead atoms. The smallest absolute Gasteiger partial charge is 0 e. The summed E-state index contributed by atoms with van der Waals surface area (Å²) in [5.74, 6) is 2.33. The molecule has 126 valence electrons. The van der Waals surface area contributed by atoms with Crippen LogP contribution in [-0.2, 0) is 28.9 Å². The van der Waals surface area contributed by atoms with E-state index in [0.29, 0.717) is 12.4 Å². The van der Waals surface area contributed by atoms with E-state index in [0.717, 1.165) is 21.6 Å². The molecule has 0 aromatic heterocycles. The molecule has 0 amide bonds. The van der Waals surface area contributed by atoms with Crippen molar-refractivity contribution in [2.45, 2.75) is 20.8 Å². The number of thioether (sulfide) groups is 2. The summed E-state index contributed by atoms with van der Waals surface area (Å²) in [5.41, 5.74) is 0. The van der Waals surface area contributed by atoms with Crippen LogP contribution in [-0.4, -0.2) is 52.6 Å². The Morgan fingerprint density at radius 1 is 1.20 bits per heavy atom. The fourth-order valence-corrected chi connectivity index (χ4v) is 2.82. The minimum atomic E-state index is 0. The molecule has 0 aromatic carbocycles. The van der Waals surface area contributed by atoms with E-state index >= 15 is 0 Å². The van der Waals surface area contributed by atoms with Gasteiger partial charge in [0.1, 0.15) is 10.1 Å². The molecule has 0 saturated carbocycles. The van der Waals surface area contributed by atoms with Gasteiger partial charge < -0.3 is 12.5 Å². The molecule has 0 aromatic rings. The summed E-state index contributed by atoms with van der Waals surface area (Å²) in [7, 11) is 3.64. The number of aliphatic imine (C=N–C) groups is 2. The first-order chi connectivity index (χ1) is 8.71. The molecule has 20 heavy (non-hydrogen) atoms. The van der Waals surface area contributed by atoms with Gasteiger partial charge in [-0.25, -0.2) is 0 Å². The normalized spacial score (nSPS) is 15.8. The predicted molar refractivity (Wildman–Crippen MR) is 103 cm³/mol. The van der Waals surface area contributed by atoms with E-state index in [9.17, 15) is 0 Å². The van der Waals surface area contributed by atoms with Crippen LogP contribution in [0.3, 0.4) is 0 Å². The van der Waals surface area contributed by atoms with Gasteiger partial charge in [-0.3, -0.25) is 9.98 Å². The van der Waals surface area contributed by atoms with Gasteiger partial charge in [-0.1, -0.05) is 13.8 Å². The van der Waals surface area contributed by atoms with Gasteiger partial charge in [0.15, 0.2) is 0 Å². The van der Waals surface area contributed by atoms with E-state index in [2.05, 4.69) is 35.2 Å². The summed E-state index contributed by atoms with van der Waals surface area (Å²) in [5, 5.41) is 13.3. The molecule has 3 nitrogen and oxygen atoms in total. The summed E-state index contributed by atoms with van der Waals surface area (Å²) < 4.78 is 0. The fraction of sp³-hybridized carbons (Fsp3) is 0.667. The van der Waals surface area contributed by atoms with Crippen molar-refractivity contribution in [2.24, 2.45) is 9.98 Å². The Hall–Kier alpha value is 1.68. The zero-order chi connectivity index (χ0) is 14.8.